The van der Waals surface area contributed by atoms with E-state index in [2.05, 4.69) is 17.2 Å². The molecule has 0 aliphatic heterocycles. The van der Waals surface area contributed by atoms with Gasteiger partial charge in [-0.1, -0.05) is 6.92 Å². The minimum atomic E-state index is -5.00. The van der Waals surface area contributed by atoms with Crippen LogP contribution in [0, 0.1) is 5.92 Å². The first-order chi connectivity index (χ1) is 12.9. The predicted octanol–water partition coefficient (Wildman–Crippen LogP) is 5.87. The summed E-state index contributed by atoms with van der Waals surface area (Å²) in [7, 11) is 0. The second-order valence-electron chi connectivity index (χ2n) is 7.10. The van der Waals surface area contributed by atoms with E-state index < -0.39 is 40.5 Å². The van der Waals surface area contributed by atoms with E-state index in [1.165, 1.54) is 0 Å². The van der Waals surface area contributed by atoms with Gasteiger partial charge in [-0.2, -0.15) is 26.3 Å². The van der Waals surface area contributed by atoms with Gasteiger partial charge in [-0.05, 0) is 43.7 Å². The van der Waals surface area contributed by atoms with Gasteiger partial charge in [0.2, 0.25) is 5.88 Å². The van der Waals surface area contributed by atoms with Crippen LogP contribution in [0.25, 0.3) is 10.9 Å². The molecule has 0 bridgehead atoms. The smallest absolute Gasteiger partial charge is 0.393 e. The van der Waals surface area contributed by atoms with Crippen LogP contribution in [0.4, 0.5) is 31.1 Å². The molecule has 1 aromatic heterocycles. The molecule has 4 nitrogen and oxygen atoms in total. The number of amides is 1. The molecule has 0 radical (unpaired) electrons. The van der Waals surface area contributed by atoms with E-state index in [1.54, 1.807) is 0 Å². The number of aromatic amines is 1. The van der Waals surface area contributed by atoms with Crippen molar-refractivity contribution in [2.45, 2.75) is 51.0 Å². The van der Waals surface area contributed by atoms with Crippen molar-refractivity contribution in [3.05, 3.63) is 29.3 Å². The summed E-state index contributed by atoms with van der Waals surface area (Å²) in [6, 6.07) is 1.37. The maximum atomic E-state index is 13.2. The fourth-order valence-electron chi connectivity index (χ4n) is 3.37. The van der Waals surface area contributed by atoms with Gasteiger partial charge in [0.15, 0.2) is 0 Å². The Morgan fingerprint density at radius 1 is 1.04 bits per heavy atom. The first-order valence-corrected chi connectivity index (χ1v) is 8.73. The number of rotatable bonds is 2. The quantitative estimate of drug-likeness (QED) is 0.611. The summed E-state index contributed by atoms with van der Waals surface area (Å²) >= 11 is 0. The monoisotopic (exact) mass is 408 g/mol. The number of carbonyl (C=O) groups excluding carboxylic acids is 1. The number of hydrogen-bond donors (Lipinski definition) is 2. The van der Waals surface area contributed by atoms with E-state index in [1.807, 2.05) is 0 Å². The lowest BCUT2D eigenvalue weighted by Gasteiger charge is -2.26. The van der Waals surface area contributed by atoms with Crippen LogP contribution >= 0.6 is 0 Å². The van der Waals surface area contributed by atoms with Crippen molar-refractivity contribution < 1.29 is 35.9 Å². The Hall–Kier alpha value is -2.39. The fraction of sp³-hybridized carbons (Fsp3) is 0.500. The maximum absolute atomic E-state index is 13.2. The van der Waals surface area contributed by atoms with Gasteiger partial charge in [-0.15, -0.1) is 0 Å². The Morgan fingerprint density at radius 3 is 2.25 bits per heavy atom. The molecule has 0 unspecified atom stereocenters. The van der Waals surface area contributed by atoms with Gasteiger partial charge in [-0.25, -0.2) is 4.79 Å². The molecule has 28 heavy (non-hydrogen) atoms. The highest BCUT2D eigenvalue weighted by atomic mass is 19.4. The summed E-state index contributed by atoms with van der Waals surface area (Å²) in [5.74, 6) is 0.202. The molecule has 0 saturated heterocycles. The van der Waals surface area contributed by atoms with Crippen molar-refractivity contribution in [3.8, 4) is 5.88 Å². The average molecular weight is 408 g/mol. The number of aromatic nitrogens is 1. The highest BCUT2D eigenvalue weighted by molar-refractivity contribution is 5.87. The van der Waals surface area contributed by atoms with Crippen molar-refractivity contribution in [3.63, 3.8) is 0 Å². The first-order valence-electron chi connectivity index (χ1n) is 8.73. The molecule has 1 heterocycles. The Labute approximate surface area is 156 Å². The van der Waals surface area contributed by atoms with Crippen LogP contribution in [0.15, 0.2) is 18.2 Å². The second-order valence-corrected chi connectivity index (χ2v) is 7.10. The number of ether oxygens (including phenoxy) is 1. The van der Waals surface area contributed by atoms with Crippen LogP contribution in [0.2, 0.25) is 0 Å². The van der Waals surface area contributed by atoms with Gasteiger partial charge in [0.05, 0.1) is 11.1 Å². The summed E-state index contributed by atoms with van der Waals surface area (Å²) in [5, 5.41) is 2.12. The Kier molecular flexibility index (Phi) is 5.24. The summed E-state index contributed by atoms with van der Waals surface area (Å²) in [6.45, 7) is 2.10. The minimum absolute atomic E-state index is 0.0449. The molecule has 1 fully saturated rings. The maximum Gasteiger partial charge on any atom is 0.417 e. The lowest BCUT2D eigenvalue weighted by Crippen LogP contribution is -2.39. The number of halogens is 6. The van der Waals surface area contributed by atoms with Gasteiger partial charge in [0.25, 0.3) is 0 Å². The molecule has 3 rings (SSSR count). The molecular weight excluding hydrogens is 390 g/mol. The molecule has 1 amide bonds. The van der Waals surface area contributed by atoms with Crippen LogP contribution in [-0.4, -0.2) is 17.1 Å². The zero-order chi connectivity index (χ0) is 20.7. The molecule has 0 atom stereocenters. The normalized spacial score (nSPS) is 21.0. The van der Waals surface area contributed by atoms with Gasteiger partial charge < -0.3 is 15.0 Å². The standard InChI is InChI=1S/C18H18F6N2O2/c1-9-2-4-11(5-3-9)25-16(27)28-15-8-12-13(18(22,23)24)6-10(17(19,20)21)7-14(12)26-15/h6-9,11,26H,2-5H2,1H3,(H,25,27). The Morgan fingerprint density at radius 2 is 1.68 bits per heavy atom. The van der Waals surface area contributed by atoms with Crippen molar-refractivity contribution in [1.82, 2.24) is 10.3 Å². The van der Waals surface area contributed by atoms with Crippen LogP contribution in [0.1, 0.15) is 43.7 Å². The number of hydrogen-bond acceptors (Lipinski definition) is 2. The van der Waals surface area contributed by atoms with Crippen LogP contribution in [0.5, 0.6) is 5.88 Å². The molecular formula is C18H18F6N2O2. The van der Waals surface area contributed by atoms with Crippen molar-refractivity contribution >= 4 is 17.0 Å². The lowest BCUT2D eigenvalue weighted by molar-refractivity contribution is -0.142. The first kappa shape index (κ1) is 20.3. The molecule has 2 N–H and O–H groups in total. The highest BCUT2D eigenvalue weighted by Gasteiger charge is 2.38. The van der Waals surface area contributed by atoms with Crippen LogP contribution in [0.3, 0.4) is 0 Å². The molecule has 10 heteroatoms. The third kappa shape index (κ3) is 4.53. The van der Waals surface area contributed by atoms with Crippen molar-refractivity contribution in [1.29, 1.82) is 0 Å². The average Bonchev–Trinajstić information content (AvgIpc) is 2.96. The summed E-state index contributed by atoms with van der Waals surface area (Å²) in [5.41, 5.74) is -3.32. The molecule has 154 valence electrons. The Bertz CT molecular complexity index is 863. The number of nitrogens with one attached hydrogen (secondary N) is 2. The van der Waals surface area contributed by atoms with Gasteiger partial charge in [0.1, 0.15) is 0 Å². The van der Waals surface area contributed by atoms with Gasteiger partial charge >= 0.3 is 18.4 Å². The zero-order valence-electron chi connectivity index (χ0n) is 14.8. The Balaban J connectivity index is 1.84. The predicted molar refractivity (Wildman–Crippen MR) is 88.9 cm³/mol. The van der Waals surface area contributed by atoms with Crippen molar-refractivity contribution in [2.24, 2.45) is 5.92 Å². The molecule has 1 aliphatic rings. The summed E-state index contributed by atoms with van der Waals surface area (Å²) < 4.78 is 83.3. The molecule has 2 aromatic rings. The number of benzene rings is 1. The lowest BCUT2D eigenvalue weighted by atomic mass is 9.87. The molecule has 1 aliphatic carbocycles. The van der Waals surface area contributed by atoms with E-state index in [9.17, 15) is 31.1 Å². The minimum Gasteiger partial charge on any atom is -0.393 e. The molecule has 1 saturated carbocycles. The highest BCUT2D eigenvalue weighted by Crippen LogP contribution is 2.41. The summed E-state index contributed by atoms with van der Waals surface area (Å²) in [6.07, 6.45) is -7.42. The van der Waals surface area contributed by atoms with E-state index in [4.69, 9.17) is 4.74 Å². The van der Waals surface area contributed by atoms with E-state index in [0.29, 0.717) is 12.0 Å². The number of carbonyl (C=O) groups is 1. The van der Waals surface area contributed by atoms with Crippen LogP contribution < -0.4 is 10.1 Å². The third-order valence-corrected chi connectivity index (χ3v) is 4.89. The summed E-state index contributed by atoms with van der Waals surface area (Å²) in [4.78, 5) is 14.3. The van der Waals surface area contributed by atoms with E-state index >= 15 is 0 Å². The van der Waals surface area contributed by atoms with E-state index in [-0.39, 0.29) is 18.0 Å². The van der Waals surface area contributed by atoms with E-state index in [0.717, 1.165) is 31.7 Å². The van der Waals surface area contributed by atoms with Crippen LogP contribution in [-0.2, 0) is 12.4 Å². The van der Waals surface area contributed by atoms with Gasteiger partial charge in [0, 0.05) is 23.0 Å². The fourth-order valence-corrected chi connectivity index (χ4v) is 3.37. The topological polar surface area (TPSA) is 54.1 Å². The molecule has 1 aromatic carbocycles. The largest absolute Gasteiger partial charge is 0.417 e. The second kappa shape index (κ2) is 7.21. The SMILES string of the molecule is CC1CCC(NC(=O)Oc2cc3c(C(F)(F)F)cc(C(F)(F)F)cc3[nH]2)CC1. The third-order valence-electron chi connectivity index (χ3n) is 4.89. The van der Waals surface area contributed by atoms with Gasteiger partial charge in [-0.3, -0.25) is 0 Å². The number of fused-ring (bicyclic) bond motifs is 1. The number of H-pyrrole nitrogens is 1. The van der Waals surface area contributed by atoms with Crippen molar-refractivity contribution in [2.75, 3.05) is 0 Å². The molecule has 0 spiro atoms. The zero-order valence-corrected chi connectivity index (χ0v) is 14.8. The number of alkyl halides is 6.